The summed E-state index contributed by atoms with van der Waals surface area (Å²) in [6, 6.07) is 16.9. The highest BCUT2D eigenvalue weighted by molar-refractivity contribution is 6.33. The van der Waals surface area contributed by atoms with Crippen LogP contribution in [0.3, 0.4) is 0 Å². The van der Waals surface area contributed by atoms with Gasteiger partial charge in [-0.25, -0.2) is 0 Å². The maximum Gasteiger partial charge on any atom is 0.255 e. The monoisotopic (exact) mass is 522 g/mol. The molecule has 1 aliphatic heterocycles. The lowest BCUT2D eigenvalue weighted by Gasteiger charge is -2.32. The van der Waals surface area contributed by atoms with Crippen LogP contribution in [0.5, 0.6) is 5.75 Å². The molecule has 0 aliphatic carbocycles. The molecule has 196 valence electrons. The number of amides is 2. The van der Waals surface area contributed by atoms with Crippen LogP contribution >= 0.6 is 11.6 Å². The van der Waals surface area contributed by atoms with Crippen molar-refractivity contribution in [1.29, 1.82) is 0 Å². The summed E-state index contributed by atoms with van der Waals surface area (Å²) in [6.07, 6.45) is 4.06. The maximum atomic E-state index is 12.7. The summed E-state index contributed by atoms with van der Waals surface area (Å²) in [7, 11) is 1.51. The molecule has 0 bridgehead atoms. The number of nitrogens with zero attached hydrogens (tertiary/aromatic N) is 1. The number of methoxy groups -OCH3 is 1. The molecule has 3 aromatic rings. The zero-order chi connectivity index (χ0) is 26.2. The smallest absolute Gasteiger partial charge is 0.255 e. The van der Waals surface area contributed by atoms with Crippen LogP contribution in [0.2, 0.25) is 5.02 Å². The van der Waals surface area contributed by atoms with Crippen molar-refractivity contribution in [3.8, 4) is 5.75 Å². The van der Waals surface area contributed by atoms with Crippen molar-refractivity contribution in [1.82, 2.24) is 15.5 Å². The minimum absolute atomic E-state index is 0.0153. The Balaban J connectivity index is 1.13. The van der Waals surface area contributed by atoms with Gasteiger partial charge in [-0.05, 0) is 74.1 Å². The first-order valence-corrected chi connectivity index (χ1v) is 13.2. The number of halogens is 1. The molecule has 0 unspecified atom stereocenters. The van der Waals surface area contributed by atoms with E-state index in [2.05, 4.69) is 15.5 Å². The van der Waals surface area contributed by atoms with Crippen LogP contribution in [0, 0.1) is 5.92 Å². The highest BCUT2D eigenvalue weighted by Crippen LogP contribution is 2.29. The number of nitrogens with two attached hydrogens (primary N) is 1. The summed E-state index contributed by atoms with van der Waals surface area (Å²) >= 11 is 6.09. The Morgan fingerprint density at radius 1 is 1.00 bits per heavy atom. The molecule has 0 atom stereocenters. The van der Waals surface area contributed by atoms with Crippen LogP contribution in [-0.4, -0.2) is 56.5 Å². The van der Waals surface area contributed by atoms with E-state index in [0.717, 1.165) is 61.7 Å². The highest BCUT2D eigenvalue weighted by atomic mass is 35.5. The Kier molecular flexibility index (Phi) is 9.25. The molecular formula is C29H35ClN4O3. The van der Waals surface area contributed by atoms with Gasteiger partial charge in [0.1, 0.15) is 5.75 Å². The number of carbonyl (C=O) groups is 2. The first kappa shape index (κ1) is 26.8. The summed E-state index contributed by atoms with van der Waals surface area (Å²) in [6.45, 7) is 4.34. The van der Waals surface area contributed by atoms with E-state index in [1.54, 1.807) is 12.1 Å². The first-order valence-electron chi connectivity index (χ1n) is 12.9. The number of fused-ring (bicyclic) bond motifs is 1. The van der Waals surface area contributed by atoms with Gasteiger partial charge in [0, 0.05) is 24.7 Å². The molecule has 8 heteroatoms. The molecule has 0 spiro atoms. The Labute approximate surface area is 223 Å². The fourth-order valence-electron chi connectivity index (χ4n) is 4.84. The van der Waals surface area contributed by atoms with E-state index in [0.29, 0.717) is 41.0 Å². The number of hydrogen-bond donors (Lipinski definition) is 3. The summed E-state index contributed by atoms with van der Waals surface area (Å²) in [5.74, 6) is 0.642. The molecule has 0 aromatic heterocycles. The second-order valence-electron chi connectivity index (χ2n) is 9.56. The van der Waals surface area contributed by atoms with Gasteiger partial charge < -0.3 is 26.0 Å². The van der Waals surface area contributed by atoms with E-state index in [9.17, 15) is 9.59 Å². The van der Waals surface area contributed by atoms with Gasteiger partial charge in [0.05, 0.1) is 23.4 Å². The van der Waals surface area contributed by atoms with Crippen molar-refractivity contribution in [3.63, 3.8) is 0 Å². The molecular weight excluding hydrogens is 488 g/mol. The van der Waals surface area contributed by atoms with Crippen LogP contribution in [0.4, 0.5) is 5.69 Å². The number of likely N-dealkylation sites (tertiary alicyclic amines) is 1. The third-order valence-electron chi connectivity index (χ3n) is 7.04. The third kappa shape index (κ3) is 6.93. The van der Waals surface area contributed by atoms with Crippen molar-refractivity contribution < 1.29 is 14.3 Å². The Hall–Kier alpha value is -3.29. The zero-order valence-corrected chi connectivity index (χ0v) is 22.0. The minimum Gasteiger partial charge on any atom is -0.496 e. The lowest BCUT2D eigenvalue weighted by Crippen LogP contribution is -2.39. The number of anilines is 1. The lowest BCUT2D eigenvalue weighted by atomic mass is 9.96. The highest BCUT2D eigenvalue weighted by Gasteiger charge is 2.21. The van der Waals surface area contributed by atoms with Crippen LogP contribution in [0.25, 0.3) is 10.8 Å². The topological polar surface area (TPSA) is 96.7 Å². The SMILES string of the molecule is COc1cc(N)c(Cl)cc1C(=O)NCC1CCN(CCCCNC(=O)c2cccc3ccccc23)CC1. The van der Waals surface area contributed by atoms with Crippen molar-refractivity contribution in [2.45, 2.75) is 25.7 Å². The molecule has 0 saturated carbocycles. The van der Waals surface area contributed by atoms with Gasteiger partial charge in [-0.15, -0.1) is 0 Å². The number of unbranched alkanes of at least 4 members (excludes halogenated alkanes) is 1. The fourth-order valence-corrected chi connectivity index (χ4v) is 5.01. The number of piperidine rings is 1. The summed E-state index contributed by atoms with van der Waals surface area (Å²) in [4.78, 5) is 27.8. The molecule has 4 N–H and O–H groups in total. The molecule has 0 radical (unpaired) electrons. The van der Waals surface area contributed by atoms with E-state index in [-0.39, 0.29) is 11.8 Å². The Morgan fingerprint density at radius 2 is 1.73 bits per heavy atom. The molecule has 1 saturated heterocycles. The normalized spacial score (nSPS) is 14.4. The predicted octanol–water partition coefficient (Wildman–Crippen LogP) is 4.74. The molecule has 1 fully saturated rings. The molecule has 3 aromatic carbocycles. The summed E-state index contributed by atoms with van der Waals surface area (Å²) in [5.41, 5.74) is 7.32. The number of hydrogen-bond acceptors (Lipinski definition) is 5. The summed E-state index contributed by atoms with van der Waals surface area (Å²) < 4.78 is 5.29. The standard InChI is InChI=1S/C29H35ClN4O3/c1-37-27-18-26(31)25(30)17-24(27)29(36)33-19-20-11-15-34(16-12-20)14-5-4-13-32-28(35)23-10-6-8-21-7-2-3-9-22(21)23/h2-3,6-10,17-18,20H,4-5,11-16,19,31H2,1H3,(H,32,35)(H,33,36). The van der Waals surface area contributed by atoms with Gasteiger partial charge in [-0.2, -0.15) is 0 Å². The third-order valence-corrected chi connectivity index (χ3v) is 7.37. The largest absolute Gasteiger partial charge is 0.496 e. The number of carbonyl (C=O) groups excluding carboxylic acids is 2. The second kappa shape index (κ2) is 12.8. The maximum absolute atomic E-state index is 12.7. The van der Waals surface area contributed by atoms with Gasteiger partial charge in [-0.3, -0.25) is 9.59 Å². The Bertz CT molecular complexity index is 1240. The molecule has 7 nitrogen and oxygen atoms in total. The molecule has 4 rings (SSSR count). The molecule has 1 heterocycles. The predicted molar refractivity (Wildman–Crippen MR) is 149 cm³/mol. The van der Waals surface area contributed by atoms with E-state index in [1.807, 2.05) is 42.5 Å². The van der Waals surface area contributed by atoms with Crippen LogP contribution in [0.1, 0.15) is 46.4 Å². The second-order valence-corrected chi connectivity index (χ2v) is 9.97. The number of nitrogen functional groups attached to an aromatic ring is 1. The lowest BCUT2D eigenvalue weighted by molar-refractivity contribution is 0.0932. The van der Waals surface area contributed by atoms with E-state index < -0.39 is 0 Å². The average Bonchev–Trinajstić information content (AvgIpc) is 2.93. The van der Waals surface area contributed by atoms with Crippen LogP contribution in [-0.2, 0) is 0 Å². The van der Waals surface area contributed by atoms with E-state index >= 15 is 0 Å². The Morgan fingerprint density at radius 3 is 2.51 bits per heavy atom. The van der Waals surface area contributed by atoms with Crippen LogP contribution < -0.4 is 21.1 Å². The zero-order valence-electron chi connectivity index (χ0n) is 21.3. The fraction of sp³-hybridized carbons (Fsp3) is 0.379. The van der Waals surface area contributed by atoms with Crippen molar-refractivity contribution >= 4 is 39.9 Å². The minimum atomic E-state index is -0.202. The number of ether oxygens (including phenoxy) is 1. The quantitative estimate of drug-likeness (QED) is 0.264. The van der Waals surface area contributed by atoms with Gasteiger partial charge >= 0.3 is 0 Å². The van der Waals surface area contributed by atoms with E-state index in [1.165, 1.54) is 7.11 Å². The van der Waals surface area contributed by atoms with E-state index in [4.69, 9.17) is 22.1 Å². The van der Waals surface area contributed by atoms with Crippen molar-refractivity contribution in [2.75, 3.05) is 45.6 Å². The van der Waals surface area contributed by atoms with Gasteiger partial charge in [-0.1, -0.05) is 48.0 Å². The van der Waals surface area contributed by atoms with Gasteiger partial charge in [0.2, 0.25) is 0 Å². The number of benzene rings is 3. The molecule has 1 aliphatic rings. The van der Waals surface area contributed by atoms with Gasteiger partial charge in [0.15, 0.2) is 0 Å². The molecule has 37 heavy (non-hydrogen) atoms. The first-order chi connectivity index (χ1) is 18.0. The number of rotatable bonds is 10. The number of nitrogens with one attached hydrogen (secondary N) is 2. The molecule has 2 amide bonds. The average molecular weight is 523 g/mol. The summed E-state index contributed by atoms with van der Waals surface area (Å²) in [5, 5.41) is 8.49. The van der Waals surface area contributed by atoms with Gasteiger partial charge in [0.25, 0.3) is 11.8 Å². The van der Waals surface area contributed by atoms with Crippen molar-refractivity contribution in [2.24, 2.45) is 5.92 Å². The van der Waals surface area contributed by atoms with Crippen LogP contribution in [0.15, 0.2) is 54.6 Å². The van der Waals surface area contributed by atoms with Crippen molar-refractivity contribution in [3.05, 3.63) is 70.7 Å².